The van der Waals surface area contributed by atoms with Gasteiger partial charge >= 0.3 is 325 Å². The minimum absolute atomic E-state index is 0.591. The fraction of sp³-hybridized carbons (Fsp3) is 0.853. The SMILES string of the molecule is CCCCCCCCCCCCCCc1c(CCCCCCCCCCCCCC)c(S(=O)(=O)OP(CCCC)(CCCC)(CCCC)CCCC)c2ccccc2c1CCCCCCCCCCCCCC. The first-order valence-corrected chi connectivity index (χ1v) is 37.5. The van der Waals surface area contributed by atoms with Crippen molar-refractivity contribution in [2.75, 3.05) is 24.6 Å². The number of hydrogen-bond acceptors (Lipinski definition) is 3. The Hall–Kier alpha value is -0.960. The first kappa shape index (κ1) is 68.1. The molecule has 0 aliphatic rings. The molecule has 2 aromatic carbocycles. The van der Waals surface area contributed by atoms with Crippen molar-refractivity contribution in [2.45, 2.75) is 355 Å². The van der Waals surface area contributed by atoms with Crippen molar-refractivity contribution in [3.63, 3.8) is 0 Å². The average Bonchev–Trinajstić information content (AvgIpc) is 3.39. The summed E-state index contributed by atoms with van der Waals surface area (Å²) in [4.78, 5) is 0.591. The van der Waals surface area contributed by atoms with Crippen LogP contribution in [-0.4, -0.2) is 33.1 Å². The fourth-order valence-corrected chi connectivity index (χ4v) is 23.0. The molecule has 0 aromatic heterocycles. The van der Waals surface area contributed by atoms with Gasteiger partial charge in [0.2, 0.25) is 0 Å². The summed E-state index contributed by atoms with van der Waals surface area (Å²) in [6.07, 6.45) is 63.3. The van der Waals surface area contributed by atoms with E-state index in [0.717, 1.165) is 119 Å². The third-order valence-corrected chi connectivity index (χ3v) is 26.4. The third kappa shape index (κ3) is 28.5. The second-order valence-electron chi connectivity index (χ2n) is 23.9. The molecule has 0 saturated heterocycles. The topological polar surface area (TPSA) is 43.4 Å². The van der Waals surface area contributed by atoms with Crippen LogP contribution in [0.2, 0.25) is 0 Å². The first-order chi connectivity index (χ1) is 35.7. The van der Waals surface area contributed by atoms with E-state index >= 15 is 8.42 Å². The van der Waals surface area contributed by atoms with Crippen LogP contribution in [0.4, 0.5) is 0 Å². The summed E-state index contributed by atoms with van der Waals surface area (Å²) < 4.78 is 39.9. The van der Waals surface area contributed by atoms with Gasteiger partial charge in [0.05, 0.1) is 0 Å². The molecule has 0 N–H and O–H groups in total. The Kier molecular flexibility index (Phi) is 41.0. The summed E-state index contributed by atoms with van der Waals surface area (Å²) in [7, 11) is -4.11. The van der Waals surface area contributed by atoms with Crippen LogP contribution in [-0.2, 0) is 33.4 Å². The van der Waals surface area contributed by atoms with E-state index in [1.165, 1.54) is 235 Å². The molecule has 5 heteroatoms. The maximum absolute atomic E-state index is 16.2. The number of fused-ring (bicyclic) bond motifs is 1. The molecule has 428 valence electrons. The molecule has 73 heavy (non-hydrogen) atoms. The number of benzene rings is 2. The Bertz CT molecular complexity index is 1660. The Labute approximate surface area is 458 Å². The molecule has 0 heterocycles. The van der Waals surface area contributed by atoms with Crippen LogP contribution < -0.4 is 0 Å². The zero-order chi connectivity index (χ0) is 53.0. The molecule has 0 saturated carbocycles. The minimum atomic E-state index is -4.11. The molecule has 0 unspecified atom stereocenters. The Balaban J connectivity index is 2.62. The van der Waals surface area contributed by atoms with Crippen LogP contribution in [0.5, 0.6) is 0 Å². The minimum Gasteiger partial charge on any atom is -0.0654 e. The van der Waals surface area contributed by atoms with Gasteiger partial charge in [-0.2, -0.15) is 0 Å². The van der Waals surface area contributed by atoms with Crippen LogP contribution in [0, 0.1) is 0 Å². The Morgan fingerprint density at radius 3 is 0.849 bits per heavy atom. The second-order valence-corrected chi connectivity index (χ2v) is 31.3. The first-order valence-electron chi connectivity index (χ1n) is 33.2. The van der Waals surface area contributed by atoms with E-state index in [0.29, 0.717) is 4.90 Å². The van der Waals surface area contributed by atoms with E-state index in [2.05, 4.69) is 72.7 Å². The van der Waals surface area contributed by atoms with Crippen molar-refractivity contribution in [3.05, 3.63) is 41.0 Å². The molecule has 0 fully saturated rings. The molecule has 0 aliphatic heterocycles. The van der Waals surface area contributed by atoms with Crippen molar-refractivity contribution in [1.82, 2.24) is 0 Å². The van der Waals surface area contributed by atoms with Crippen LogP contribution >= 0.6 is 6.83 Å². The van der Waals surface area contributed by atoms with Gasteiger partial charge < -0.3 is 0 Å². The Morgan fingerprint density at radius 2 is 0.548 bits per heavy atom. The smallest absolute Gasteiger partial charge is 0.0654 e. The summed E-state index contributed by atoms with van der Waals surface area (Å²) in [6, 6.07) is 8.79. The summed E-state index contributed by atoms with van der Waals surface area (Å²) in [5, 5.41) is 2.15. The van der Waals surface area contributed by atoms with Gasteiger partial charge in [0.15, 0.2) is 0 Å². The predicted octanol–water partition coefficient (Wildman–Crippen LogP) is 23.9. The molecule has 3 nitrogen and oxygen atoms in total. The van der Waals surface area contributed by atoms with Gasteiger partial charge in [-0.15, -0.1) is 0 Å². The van der Waals surface area contributed by atoms with Crippen LogP contribution in [0.1, 0.15) is 348 Å². The zero-order valence-electron chi connectivity index (χ0n) is 50.5. The molecule has 0 bridgehead atoms. The van der Waals surface area contributed by atoms with Crippen LogP contribution in [0.25, 0.3) is 10.8 Å². The summed E-state index contributed by atoms with van der Waals surface area (Å²) in [6.45, 7) is 12.9. The standard InChI is InChI=1S/C68H127O3PS/c1-8-15-22-25-28-31-34-37-40-43-46-49-54-63-64(55-50-47-44-41-38-35-32-29-26-23-16-9-2)66(57-51-48-45-42-39-36-33-30-27-24-17-10-3)68(67-58-53-52-56-65(63)67)73(69,70)71-72(59-18-11-4,60-19-12-5,61-20-13-6)62-21-14-7/h52-53,56,58H,8-51,54-55,57,59-62H2,1-7H3. The van der Waals surface area contributed by atoms with Crippen molar-refractivity contribution >= 4 is 27.7 Å². The van der Waals surface area contributed by atoms with E-state index in [1.807, 2.05) is 0 Å². The molecule has 0 amide bonds. The van der Waals surface area contributed by atoms with E-state index in [9.17, 15) is 0 Å². The molecule has 2 rings (SSSR count). The number of aryl methyl sites for hydroxylation is 1. The van der Waals surface area contributed by atoms with Crippen molar-refractivity contribution < 1.29 is 12.4 Å². The average molecular weight is 1060 g/mol. The molecule has 0 radical (unpaired) electrons. The number of hydrogen-bond donors (Lipinski definition) is 0. The van der Waals surface area contributed by atoms with Crippen molar-refractivity contribution in [1.29, 1.82) is 0 Å². The molecule has 0 spiro atoms. The molecule has 2 aromatic rings. The van der Waals surface area contributed by atoms with Crippen molar-refractivity contribution in [3.8, 4) is 0 Å². The molecule has 0 atom stereocenters. The molecular formula is C68H127O3PS. The zero-order valence-corrected chi connectivity index (χ0v) is 52.2. The number of unbranched alkanes of at least 4 members (excludes halogenated alkanes) is 37. The van der Waals surface area contributed by atoms with Crippen LogP contribution in [0.15, 0.2) is 29.2 Å². The van der Waals surface area contributed by atoms with E-state index in [1.54, 1.807) is 0 Å². The monoisotopic (exact) mass is 1050 g/mol. The predicted molar refractivity (Wildman–Crippen MR) is 333 cm³/mol. The quantitative estimate of drug-likeness (QED) is 0.0490. The Morgan fingerprint density at radius 1 is 0.301 bits per heavy atom. The van der Waals surface area contributed by atoms with E-state index in [4.69, 9.17) is 3.97 Å². The van der Waals surface area contributed by atoms with Gasteiger partial charge in [-0.3, -0.25) is 0 Å². The second kappa shape index (κ2) is 44.0. The summed E-state index contributed by atoms with van der Waals surface area (Å²) >= 11 is 0. The molecule has 0 aliphatic carbocycles. The van der Waals surface area contributed by atoms with Gasteiger partial charge in [-0.25, -0.2) is 0 Å². The van der Waals surface area contributed by atoms with Gasteiger partial charge in [0, 0.05) is 0 Å². The number of rotatable bonds is 54. The van der Waals surface area contributed by atoms with Gasteiger partial charge in [0.1, 0.15) is 0 Å². The summed E-state index contributed by atoms with van der Waals surface area (Å²) in [5.74, 6) is 0. The maximum atomic E-state index is 16.2. The van der Waals surface area contributed by atoms with Crippen molar-refractivity contribution in [2.24, 2.45) is 0 Å². The van der Waals surface area contributed by atoms with Gasteiger partial charge in [0.25, 0.3) is 0 Å². The molecular weight excluding hydrogens is 928 g/mol. The summed E-state index contributed by atoms with van der Waals surface area (Å²) in [5.41, 5.74) is 4.05. The normalized spacial score (nSPS) is 12.8. The van der Waals surface area contributed by atoms with Crippen LogP contribution in [0.3, 0.4) is 0 Å². The van der Waals surface area contributed by atoms with Gasteiger partial charge in [-0.05, 0) is 0 Å². The third-order valence-electron chi connectivity index (χ3n) is 17.2. The van der Waals surface area contributed by atoms with E-state index < -0.39 is 16.9 Å². The fourth-order valence-electron chi connectivity index (χ4n) is 12.5. The van der Waals surface area contributed by atoms with E-state index in [-0.39, 0.29) is 0 Å². The van der Waals surface area contributed by atoms with Gasteiger partial charge in [-0.1, -0.05) is 136 Å².